The van der Waals surface area contributed by atoms with Crippen LogP contribution in [0, 0.1) is 0 Å². The highest BCUT2D eigenvalue weighted by Crippen LogP contribution is 2.49. The van der Waals surface area contributed by atoms with E-state index >= 15 is 0 Å². The van der Waals surface area contributed by atoms with Gasteiger partial charge in [-0.15, -0.1) is 11.3 Å². The zero-order valence-corrected chi connectivity index (χ0v) is 15.6. The quantitative estimate of drug-likeness (QED) is 0.828. The number of thiophene rings is 1. The molecule has 0 aliphatic heterocycles. The average molecular weight is 365 g/mol. The van der Waals surface area contributed by atoms with Gasteiger partial charge in [-0.25, -0.2) is 4.79 Å². The molecule has 2 aromatic heterocycles. The Balaban J connectivity index is 1.70. The number of alkyl carbamates (subject to hydrolysis) is 1. The summed E-state index contributed by atoms with van der Waals surface area (Å²) in [4.78, 5) is 17.6. The molecule has 4 nitrogen and oxygen atoms in total. The Bertz CT molecular complexity index is 734. The number of amides is 1. The van der Waals surface area contributed by atoms with Crippen molar-refractivity contribution < 1.29 is 9.53 Å². The number of halogens is 1. The summed E-state index contributed by atoms with van der Waals surface area (Å²) in [6.45, 7) is 6.04. The van der Waals surface area contributed by atoms with Crippen molar-refractivity contribution in [1.29, 1.82) is 0 Å². The molecule has 0 aromatic carbocycles. The molecule has 128 valence electrons. The zero-order chi connectivity index (χ0) is 17.4. The van der Waals surface area contributed by atoms with Crippen molar-refractivity contribution in [2.24, 2.45) is 0 Å². The summed E-state index contributed by atoms with van der Waals surface area (Å²) < 4.78 is 5.29. The van der Waals surface area contributed by atoms with E-state index in [1.54, 1.807) is 11.3 Å². The number of nitrogens with one attached hydrogen (secondary N) is 1. The Hall–Kier alpha value is -1.59. The molecule has 0 unspecified atom stereocenters. The first-order chi connectivity index (χ1) is 11.3. The Kier molecular flexibility index (Phi) is 4.58. The molecule has 1 fully saturated rings. The van der Waals surface area contributed by atoms with E-state index in [4.69, 9.17) is 16.3 Å². The van der Waals surface area contributed by atoms with Crippen molar-refractivity contribution in [1.82, 2.24) is 10.3 Å². The van der Waals surface area contributed by atoms with Crippen LogP contribution < -0.4 is 5.32 Å². The molecule has 3 rings (SSSR count). The van der Waals surface area contributed by atoms with Crippen LogP contribution in [0.1, 0.15) is 39.3 Å². The summed E-state index contributed by atoms with van der Waals surface area (Å²) in [7, 11) is 0. The predicted molar refractivity (Wildman–Crippen MR) is 97.7 cm³/mol. The number of ether oxygens (including phenoxy) is 1. The summed E-state index contributed by atoms with van der Waals surface area (Å²) in [5.41, 5.74) is 1.22. The summed E-state index contributed by atoms with van der Waals surface area (Å²) in [6.07, 6.45) is 3.39. The summed E-state index contributed by atoms with van der Waals surface area (Å²) >= 11 is 8.15. The molecule has 0 radical (unpaired) electrons. The Morgan fingerprint density at radius 3 is 2.75 bits per heavy atom. The minimum atomic E-state index is -0.501. The summed E-state index contributed by atoms with van der Waals surface area (Å²) in [5, 5.41) is 5.54. The Morgan fingerprint density at radius 1 is 1.46 bits per heavy atom. The number of nitrogens with zero attached hydrogens (tertiary/aromatic N) is 1. The lowest BCUT2D eigenvalue weighted by atomic mass is 10.0. The third-order valence-electron chi connectivity index (χ3n) is 3.97. The van der Waals surface area contributed by atoms with Crippen molar-refractivity contribution >= 4 is 29.0 Å². The number of hydrogen-bond donors (Lipinski definition) is 1. The van der Waals surface area contributed by atoms with Crippen molar-refractivity contribution in [3.05, 3.63) is 40.5 Å². The van der Waals surface area contributed by atoms with E-state index < -0.39 is 11.7 Å². The fraction of sp³-hybridized carbons (Fsp3) is 0.444. The lowest BCUT2D eigenvalue weighted by Gasteiger charge is -2.22. The van der Waals surface area contributed by atoms with Crippen molar-refractivity contribution in [2.75, 3.05) is 6.54 Å². The number of hydrogen-bond acceptors (Lipinski definition) is 4. The van der Waals surface area contributed by atoms with E-state index in [1.807, 2.05) is 44.5 Å². The lowest BCUT2D eigenvalue weighted by molar-refractivity contribution is 0.0522. The molecule has 0 atom stereocenters. The van der Waals surface area contributed by atoms with Crippen LogP contribution in [-0.4, -0.2) is 23.2 Å². The van der Waals surface area contributed by atoms with Gasteiger partial charge in [-0.2, -0.15) is 0 Å². The molecule has 2 aromatic rings. The van der Waals surface area contributed by atoms with Gasteiger partial charge in [0.05, 0.1) is 10.7 Å². The van der Waals surface area contributed by atoms with Gasteiger partial charge in [0.15, 0.2) is 0 Å². The lowest BCUT2D eigenvalue weighted by Crippen LogP contribution is -2.37. The highest BCUT2D eigenvalue weighted by Gasteiger charge is 2.47. The molecule has 1 saturated carbocycles. The van der Waals surface area contributed by atoms with Crippen LogP contribution in [0.15, 0.2) is 29.8 Å². The van der Waals surface area contributed by atoms with E-state index in [0.717, 1.165) is 29.0 Å². The van der Waals surface area contributed by atoms with E-state index in [9.17, 15) is 4.79 Å². The molecule has 0 spiro atoms. The van der Waals surface area contributed by atoms with Crippen molar-refractivity contribution in [3.63, 3.8) is 0 Å². The number of rotatable bonds is 4. The van der Waals surface area contributed by atoms with Crippen LogP contribution in [0.3, 0.4) is 0 Å². The van der Waals surface area contributed by atoms with Crippen LogP contribution in [0.4, 0.5) is 4.79 Å². The molecule has 2 heterocycles. The van der Waals surface area contributed by atoms with Crippen molar-refractivity contribution in [3.8, 4) is 10.4 Å². The van der Waals surface area contributed by atoms with Gasteiger partial charge < -0.3 is 10.1 Å². The molecule has 6 heteroatoms. The second-order valence-corrected chi connectivity index (χ2v) is 8.52. The van der Waals surface area contributed by atoms with Crippen LogP contribution >= 0.6 is 22.9 Å². The molecule has 1 aliphatic rings. The maximum atomic E-state index is 11.9. The molecule has 0 saturated heterocycles. The normalized spacial score (nSPS) is 15.8. The second kappa shape index (κ2) is 6.37. The first-order valence-corrected chi connectivity index (χ1v) is 9.22. The summed E-state index contributed by atoms with van der Waals surface area (Å²) in [6, 6.07) is 6.02. The first-order valence-electron chi connectivity index (χ1n) is 7.96. The number of carbonyl (C=O) groups is 1. The Morgan fingerprint density at radius 2 is 2.21 bits per heavy atom. The minimum absolute atomic E-state index is 0.165. The van der Waals surface area contributed by atoms with Gasteiger partial charge in [0.1, 0.15) is 5.60 Å². The first kappa shape index (κ1) is 17.2. The Labute approximate surface area is 151 Å². The second-order valence-electron chi connectivity index (χ2n) is 7.17. The number of pyridine rings is 1. The molecule has 0 bridgehead atoms. The average Bonchev–Trinajstić information content (AvgIpc) is 3.06. The van der Waals surface area contributed by atoms with Gasteiger partial charge in [0.25, 0.3) is 0 Å². The van der Waals surface area contributed by atoms with E-state index in [0.29, 0.717) is 11.6 Å². The fourth-order valence-electron chi connectivity index (χ4n) is 2.61. The fourth-order valence-corrected chi connectivity index (χ4v) is 3.68. The minimum Gasteiger partial charge on any atom is -0.444 e. The third-order valence-corrected chi connectivity index (χ3v) is 5.18. The molecule has 1 amide bonds. The largest absolute Gasteiger partial charge is 0.444 e. The molecular formula is C18H21ClN2O2S. The maximum absolute atomic E-state index is 11.9. The van der Waals surface area contributed by atoms with Crippen LogP contribution in [-0.2, 0) is 10.2 Å². The van der Waals surface area contributed by atoms with Crippen LogP contribution in [0.2, 0.25) is 5.02 Å². The third kappa shape index (κ3) is 3.90. The van der Waals surface area contributed by atoms with Gasteiger partial charge in [-0.05, 0) is 51.1 Å². The van der Waals surface area contributed by atoms with Gasteiger partial charge >= 0.3 is 6.09 Å². The predicted octanol–water partition coefficient (Wildman–Crippen LogP) is 5.02. The van der Waals surface area contributed by atoms with Gasteiger partial charge in [0, 0.05) is 28.6 Å². The number of carbonyl (C=O) groups excluding carboxylic acids is 1. The maximum Gasteiger partial charge on any atom is 0.407 e. The topological polar surface area (TPSA) is 51.2 Å². The molecule has 1 N–H and O–H groups in total. The molecule has 1 aliphatic carbocycles. The monoisotopic (exact) mass is 364 g/mol. The highest BCUT2D eigenvalue weighted by atomic mass is 35.5. The molecular weight excluding hydrogens is 344 g/mol. The summed E-state index contributed by atoms with van der Waals surface area (Å²) in [5.74, 6) is 0. The number of aromatic nitrogens is 1. The van der Waals surface area contributed by atoms with Crippen molar-refractivity contribution in [2.45, 2.75) is 44.6 Å². The van der Waals surface area contributed by atoms with Gasteiger partial charge in [0.2, 0.25) is 0 Å². The highest BCUT2D eigenvalue weighted by molar-refractivity contribution is 7.13. The van der Waals surface area contributed by atoms with Gasteiger partial charge in [-0.3, -0.25) is 4.98 Å². The zero-order valence-electron chi connectivity index (χ0n) is 14.1. The SMILES string of the molecule is CC(C)(C)OC(=O)NCC1(c2ncc(-c3cccs3)cc2Cl)CC1. The molecule has 24 heavy (non-hydrogen) atoms. The van der Waals surface area contributed by atoms with Gasteiger partial charge in [-0.1, -0.05) is 17.7 Å². The standard InChI is InChI=1S/C18H21ClN2O2S/c1-17(2,3)23-16(22)21-11-18(6-7-18)15-13(19)9-12(10-20-15)14-5-4-8-24-14/h4-5,8-10H,6-7,11H2,1-3H3,(H,21,22). The van der Waals surface area contributed by atoms with E-state index in [1.165, 1.54) is 0 Å². The van der Waals surface area contributed by atoms with Crippen LogP contribution in [0.25, 0.3) is 10.4 Å². The van der Waals surface area contributed by atoms with E-state index in [-0.39, 0.29) is 5.41 Å². The van der Waals surface area contributed by atoms with Crippen LogP contribution in [0.5, 0.6) is 0 Å². The van der Waals surface area contributed by atoms with E-state index in [2.05, 4.69) is 16.4 Å². The smallest absolute Gasteiger partial charge is 0.407 e.